The van der Waals surface area contributed by atoms with E-state index in [1.54, 1.807) is 16.8 Å². The Morgan fingerprint density at radius 2 is 1.67 bits per heavy atom. The van der Waals surface area contributed by atoms with Gasteiger partial charge in [-0.25, -0.2) is 0 Å². The molecule has 3 nitrogen and oxygen atoms in total. The minimum Gasteiger partial charge on any atom is -0.387 e. The smallest absolute Gasteiger partial charge is 0.0545 e. The van der Waals surface area contributed by atoms with Crippen LogP contribution in [0.25, 0.3) is 22.7 Å². The number of hydrogen-bond acceptors (Lipinski definition) is 2. The molecule has 1 aromatic carbocycles. The van der Waals surface area contributed by atoms with Gasteiger partial charge in [0.25, 0.3) is 0 Å². The number of fused-ring (bicyclic) bond motifs is 5. The highest BCUT2D eigenvalue weighted by molar-refractivity contribution is 5.92. The Labute approximate surface area is 286 Å². The van der Waals surface area contributed by atoms with E-state index in [1.807, 2.05) is 0 Å². The lowest BCUT2D eigenvalue weighted by Crippen LogP contribution is -2.57. The highest BCUT2D eigenvalue weighted by atomic mass is 15.2. The third kappa shape index (κ3) is 3.88. The SMILES string of the molecule is C1=CC2=C(CC1)C1CCC=CC1N2C1C=CC(C2(C3C=CC(n4c5c(c6ccccc64)CNC=C5)=CC3)C3CC4CC(C3)CC2C4)=CC1. The summed E-state index contributed by atoms with van der Waals surface area (Å²) in [5.74, 6) is 4.91. The van der Waals surface area contributed by atoms with Crippen LogP contribution in [0.1, 0.15) is 81.9 Å². The molecule has 4 unspecified atom stereocenters. The summed E-state index contributed by atoms with van der Waals surface area (Å²) < 4.78 is 2.54. The summed E-state index contributed by atoms with van der Waals surface area (Å²) in [5.41, 5.74) is 10.8. The largest absolute Gasteiger partial charge is 0.387 e. The molecule has 0 radical (unpaired) electrons. The molecule has 2 aromatic rings. The molecule has 10 aliphatic rings. The molecule has 0 amide bonds. The van der Waals surface area contributed by atoms with Crippen molar-refractivity contribution in [3.63, 3.8) is 0 Å². The van der Waals surface area contributed by atoms with E-state index in [-0.39, 0.29) is 5.41 Å². The molecule has 4 atom stereocenters. The average molecular weight is 632 g/mol. The minimum absolute atomic E-state index is 0.281. The number of hydrogen-bond donors (Lipinski definition) is 1. The van der Waals surface area contributed by atoms with Crippen LogP contribution in [0.2, 0.25) is 0 Å². The fraction of sp³-hybridized carbons (Fsp3) is 0.467. The summed E-state index contributed by atoms with van der Waals surface area (Å²) in [6, 6.07) is 10.0. The second-order valence-electron chi connectivity index (χ2n) is 16.7. The number of para-hydroxylation sites is 1. The lowest BCUT2D eigenvalue weighted by atomic mass is 9.40. The third-order valence-electron chi connectivity index (χ3n) is 14.7. The summed E-state index contributed by atoms with van der Waals surface area (Å²) in [5, 5.41) is 4.84. The minimum atomic E-state index is 0.281. The first-order chi connectivity index (χ1) is 23.8. The summed E-state index contributed by atoms with van der Waals surface area (Å²) in [7, 11) is 0. The van der Waals surface area contributed by atoms with Gasteiger partial charge in [-0.2, -0.15) is 0 Å². The zero-order valence-electron chi connectivity index (χ0n) is 28.2. The molecular formula is C45H49N3. The number of nitrogens with zero attached hydrogens (tertiary/aromatic N) is 2. The van der Waals surface area contributed by atoms with Gasteiger partial charge in [0.2, 0.25) is 0 Å². The molecule has 4 fully saturated rings. The number of benzene rings is 1. The van der Waals surface area contributed by atoms with Crippen LogP contribution in [0.4, 0.5) is 0 Å². The highest BCUT2D eigenvalue weighted by Gasteiger charge is 2.61. The first kappa shape index (κ1) is 28.2. The zero-order valence-corrected chi connectivity index (χ0v) is 28.2. The number of rotatable bonds is 4. The van der Waals surface area contributed by atoms with Crippen molar-refractivity contribution in [3.8, 4) is 0 Å². The van der Waals surface area contributed by atoms with Crippen molar-refractivity contribution < 1.29 is 0 Å². The Morgan fingerprint density at radius 3 is 2.48 bits per heavy atom. The lowest BCUT2D eigenvalue weighted by molar-refractivity contribution is -0.106. The molecule has 3 heterocycles. The van der Waals surface area contributed by atoms with E-state index in [1.165, 1.54) is 85.6 Å². The van der Waals surface area contributed by atoms with Gasteiger partial charge in [0.1, 0.15) is 0 Å². The Morgan fingerprint density at radius 1 is 0.792 bits per heavy atom. The Hall–Kier alpha value is -3.72. The van der Waals surface area contributed by atoms with Gasteiger partial charge in [0.05, 0.1) is 23.3 Å². The molecule has 8 aliphatic carbocycles. The molecule has 3 heteroatoms. The average Bonchev–Trinajstić information content (AvgIpc) is 3.65. The molecule has 0 saturated heterocycles. The van der Waals surface area contributed by atoms with Crippen LogP contribution in [-0.2, 0) is 6.54 Å². The van der Waals surface area contributed by atoms with E-state index in [4.69, 9.17) is 0 Å². The third-order valence-corrected chi connectivity index (χ3v) is 14.7. The quantitative estimate of drug-likeness (QED) is 0.339. The Kier molecular flexibility index (Phi) is 6.24. The molecule has 1 N–H and O–H groups in total. The highest BCUT2D eigenvalue weighted by Crippen LogP contribution is 2.69. The van der Waals surface area contributed by atoms with Gasteiger partial charge >= 0.3 is 0 Å². The van der Waals surface area contributed by atoms with Gasteiger partial charge < -0.3 is 14.8 Å². The molecular weight excluding hydrogens is 583 g/mol. The standard InChI is InChI=1S/C45H49N3/c1-4-10-41-37(7-1)38-8-2-5-11-42(38)47(41)35-17-13-31(14-18-35)45(33-24-29-23-30(26-33)27-34(45)25-29)32-15-19-36(20-16-32)48-43-12-6-3-9-39(43)40-28-46-22-21-44(40)48/h3-6,9-15,17,19-22,29-30,32-35,37,41,46H,1-2,7-8,16,18,23-28H2. The topological polar surface area (TPSA) is 20.2 Å². The van der Waals surface area contributed by atoms with Gasteiger partial charge in [0, 0.05) is 40.2 Å². The lowest BCUT2D eigenvalue weighted by Gasteiger charge is -2.64. The van der Waals surface area contributed by atoms with Crippen LogP contribution >= 0.6 is 0 Å². The molecule has 48 heavy (non-hydrogen) atoms. The summed E-state index contributed by atoms with van der Waals surface area (Å²) in [4.78, 5) is 2.83. The summed E-state index contributed by atoms with van der Waals surface area (Å²) in [6.07, 6.45) is 44.9. The zero-order chi connectivity index (χ0) is 31.4. The van der Waals surface area contributed by atoms with E-state index in [0.717, 1.165) is 49.0 Å². The normalized spacial score (nSPS) is 38.6. The van der Waals surface area contributed by atoms with E-state index >= 15 is 0 Å². The molecule has 4 bridgehead atoms. The molecule has 0 spiro atoms. The predicted molar refractivity (Wildman–Crippen MR) is 197 cm³/mol. The first-order valence-corrected chi connectivity index (χ1v) is 19.4. The van der Waals surface area contributed by atoms with Crippen LogP contribution < -0.4 is 5.32 Å². The molecule has 12 rings (SSSR count). The van der Waals surface area contributed by atoms with E-state index < -0.39 is 0 Å². The van der Waals surface area contributed by atoms with Crippen molar-refractivity contribution in [2.45, 2.75) is 89.3 Å². The van der Waals surface area contributed by atoms with Crippen molar-refractivity contribution >= 4 is 22.7 Å². The molecule has 244 valence electrons. The molecule has 2 aliphatic heterocycles. The number of aromatic nitrogens is 1. The van der Waals surface area contributed by atoms with E-state index in [2.05, 4.69) is 112 Å². The van der Waals surface area contributed by atoms with Crippen molar-refractivity contribution in [1.29, 1.82) is 0 Å². The van der Waals surface area contributed by atoms with Crippen molar-refractivity contribution in [1.82, 2.24) is 14.8 Å². The Balaban J connectivity index is 0.945. The summed E-state index contributed by atoms with van der Waals surface area (Å²) in [6.45, 7) is 0.902. The second-order valence-corrected chi connectivity index (χ2v) is 16.7. The van der Waals surface area contributed by atoms with Crippen molar-refractivity contribution in [2.24, 2.45) is 40.9 Å². The fourth-order valence-electron chi connectivity index (χ4n) is 13.1. The van der Waals surface area contributed by atoms with Crippen LogP contribution in [0.15, 0.2) is 108 Å². The van der Waals surface area contributed by atoms with Gasteiger partial charge in [0.15, 0.2) is 0 Å². The van der Waals surface area contributed by atoms with Crippen LogP contribution in [-0.4, -0.2) is 21.6 Å². The van der Waals surface area contributed by atoms with Crippen molar-refractivity contribution in [3.05, 3.63) is 119 Å². The number of nitrogens with one attached hydrogen (secondary N) is 1. The van der Waals surface area contributed by atoms with E-state index in [9.17, 15) is 0 Å². The van der Waals surface area contributed by atoms with Crippen LogP contribution in [0, 0.1) is 40.9 Å². The molecule has 4 saturated carbocycles. The van der Waals surface area contributed by atoms with Crippen LogP contribution in [0.3, 0.4) is 0 Å². The van der Waals surface area contributed by atoms with Crippen LogP contribution in [0.5, 0.6) is 0 Å². The maximum atomic E-state index is 3.46. The maximum absolute atomic E-state index is 3.46. The van der Waals surface area contributed by atoms with E-state index in [0.29, 0.717) is 18.0 Å². The number of allylic oxidation sites excluding steroid dienone is 9. The first-order valence-electron chi connectivity index (χ1n) is 19.4. The van der Waals surface area contributed by atoms with Gasteiger partial charge in [-0.05, 0) is 142 Å². The second kappa shape index (κ2) is 10.6. The fourth-order valence-corrected chi connectivity index (χ4v) is 13.1. The molecule has 1 aromatic heterocycles. The Bertz CT molecular complexity index is 1910. The predicted octanol–water partition coefficient (Wildman–Crippen LogP) is 10.1. The van der Waals surface area contributed by atoms with Gasteiger partial charge in [-0.1, -0.05) is 66.8 Å². The maximum Gasteiger partial charge on any atom is 0.0545 e. The van der Waals surface area contributed by atoms with Gasteiger partial charge in [-0.3, -0.25) is 0 Å². The van der Waals surface area contributed by atoms with Crippen molar-refractivity contribution in [2.75, 3.05) is 0 Å². The summed E-state index contributed by atoms with van der Waals surface area (Å²) >= 11 is 0. The monoisotopic (exact) mass is 631 g/mol. The van der Waals surface area contributed by atoms with Gasteiger partial charge in [-0.15, -0.1) is 0 Å².